The lowest BCUT2D eigenvalue weighted by Gasteiger charge is -2.49. The molecular weight excluding hydrogens is 348 g/mol. The number of hydrogen-bond donors (Lipinski definition) is 1. The molecule has 3 nitrogen and oxygen atoms in total. The summed E-state index contributed by atoms with van der Waals surface area (Å²) >= 11 is 0. The van der Waals surface area contributed by atoms with Crippen molar-refractivity contribution in [2.45, 2.75) is 70.6 Å². The van der Waals surface area contributed by atoms with Crippen LogP contribution >= 0.6 is 0 Å². The van der Waals surface area contributed by atoms with Crippen LogP contribution in [0.4, 0.5) is 0 Å². The summed E-state index contributed by atoms with van der Waals surface area (Å²) in [6.07, 6.45) is 13.2. The highest BCUT2D eigenvalue weighted by Crippen LogP contribution is 2.58. The van der Waals surface area contributed by atoms with Crippen LogP contribution in [0.5, 0.6) is 0 Å². The van der Waals surface area contributed by atoms with E-state index in [2.05, 4.69) is 31.2 Å². The van der Waals surface area contributed by atoms with Gasteiger partial charge in [0.15, 0.2) is 5.78 Å². The Labute approximate surface area is 167 Å². The highest BCUT2D eigenvalue weighted by atomic mass is 16.4. The smallest absolute Gasteiger partial charge is 0.309 e. The molecule has 0 amide bonds. The first-order chi connectivity index (χ1) is 13.4. The van der Waals surface area contributed by atoms with Crippen LogP contribution in [0.1, 0.15) is 85.7 Å². The molecule has 4 aliphatic carbocycles. The molecule has 0 aromatic heterocycles. The molecule has 0 radical (unpaired) electrons. The maximum absolute atomic E-state index is 12.7. The summed E-state index contributed by atoms with van der Waals surface area (Å²) in [5.74, 6) is 1.57. The molecule has 1 N–H and O–H groups in total. The van der Waals surface area contributed by atoms with Gasteiger partial charge in [0.1, 0.15) is 0 Å². The lowest BCUT2D eigenvalue weighted by atomic mass is 9.55. The molecule has 0 aliphatic heterocycles. The molecule has 4 aliphatic rings. The lowest BCUT2D eigenvalue weighted by Crippen LogP contribution is -2.39. The fraction of sp³-hybridized carbons (Fsp3) is 0.600. The third-order valence-corrected chi connectivity index (χ3v) is 8.51. The van der Waals surface area contributed by atoms with E-state index in [1.807, 2.05) is 6.07 Å². The van der Waals surface area contributed by atoms with Crippen LogP contribution in [0.2, 0.25) is 0 Å². The van der Waals surface area contributed by atoms with Gasteiger partial charge in [-0.05, 0) is 91.7 Å². The summed E-state index contributed by atoms with van der Waals surface area (Å²) in [4.78, 5) is 24.0. The topological polar surface area (TPSA) is 54.4 Å². The zero-order valence-electron chi connectivity index (χ0n) is 16.7. The van der Waals surface area contributed by atoms with Crippen molar-refractivity contribution in [1.82, 2.24) is 0 Å². The molecule has 1 aromatic carbocycles. The minimum absolute atomic E-state index is 0.105. The zero-order chi connectivity index (χ0) is 19.5. The van der Waals surface area contributed by atoms with Crippen molar-refractivity contribution in [3.8, 4) is 0 Å². The predicted molar refractivity (Wildman–Crippen MR) is 108 cm³/mol. The Hall–Kier alpha value is -1.90. The highest BCUT2D eigenvalue weighted by molar-refractivity contribution is 5.96. The predicted octanol–water partition coefficient (Wildman–Crippen LogP) is 5.54. The van der Waals surface area contributed by atoms with Crippen LogP contribution in [-0.4, -0.2) is 16.9 Å². The first kappa shape index (κ1) is 18.1. The molecule has 0 unspecified atom stereocenters. The number of carboxylic acids is 1. The standard InChI is InChI=1S/C25H30O3/c1-24-10-2-3-21(24)20-7-4-16-15-17(5-6-18(16)19(20)8-11-24)22(26)9-12-25(13-14-25)23(27)28/h2,5-6,10,15,19-21H,3-4,7-9,11-14H2,1H3,(H,27,28)/t19-,20-,21+,24+/m1/s1. The van der Waals surface area contributed by atoms with Crippen LogP contribution < -0.4 is 0 Å². The molecule has 2 saturated carbocycles. The van der Waals surface area contributed by atoms with Crippen molar-refractivity contribution < 1.29 is 14.7 Å². The minimum Gasteiger partial charge on any atom is -0.481 e. The van der Waals surface area contributed by atoms with Gasteiger partial charge in [0.25, 0.3) is 0 Å². The van der Waals surface area contributed by atoms with Gasteiger partial charge in [0, 0.05) is 12.0 Å². The van der Waals surface area contributed by atoms with E-state index in [0.29, 0.717) is 24.2 Å². The Bertz CT molecular complexity index is 863. The maximum Gasteiger partial charge on any atom is 0.309 e. The Morgan fingerprint density at radius 3 is 2.75 bits per heavy atom. The third kappa shape index (κ3) is 2.77. The van der Waals surface area contributed by atoms with Crippen molar-refractivity contribution in [3.05, 3.63) is 47.0 Å². The summed E-state index contributed by atoms with van der Waals surface area (Å²) in [5, 5.41) is 9.32. The van der Waals surface area contributed by atoms with Crippen LogP contribution in [0, 0.1) is 22.7 Å². The molecule has 28 heavy (non-hydrogen) atoms. The third-order valence-electron chi connectivity index (χ3n) is 8.51. The van der Waals surface area contributed by atoms with Gasteiger partial charge >= 0.3 is 5.97 Å². The second-order valence-electron chi connectivity index (χ2n) is 10.0. The Morgan fingerprint density at radius 1 is 1.18 bits per heavy atom. The van der Waals surface area contributed by atoms with E-state index in [0.717, 1.165) is 36.7 Å². The van der Waals surface area contributed by atoms with Crippen molar-refractivity contribution in [1.29, 1.82) is 0 Å². The van der Waals surface area contributed by atoms with Crippen LogP contribution in [0.15, 0.2) is 30.4 Å². The van der Waals surface area contributed by atoms with E-state index < -0.39 is 11.4 Å². The Morgan fingerprint density at radius 2 is 2.00 bits per heavy atom. The van der Waals surface area contributed by atoms with Crippen LogP contribution in [-0.2, 0) is 11.2 Å². The summed E-state index contributed by atoms with van der Waals surface area (Å²) in [5.41, 5.74) is 3.41. The molecule has 4 atom stereocenters. The quantitative estimate of drug-likeness (QED) is 0.541. The Balaban J connectivity index is 1.32. The van der Waals surface area contributed by atoms with Gasteiger partial charge in [0.05, 0.1) is 5.41 Å². The number of ketones is 1. The van der Waals surface area contributed by atoms with Crippen molar-refractivity contribution >= 4 is 11.8 Å². The summed E-state index contributed by atoms with van der Waals surface area (Å²) in [6.45, 7) is 2.44. The van der Waals surface area contributed by atoms with Gasteiger partial charge in [-0.2, -0.15) is 0 Å². The number of benzene rings is 1. The number of allylic oxidation sites excluding steroid dienone is 2. The number of carbonyl (C=O) groups is 2. The first-order valence-corrected chi connectivity index (χ1v) is 11.0. The average Bonchev–Trinajstić information content (AvgIpc) is 3.39. The maximum atomic E-state index is 12.7. The molecular formula is C25H30O3. The van der Waals surface area contributed by atoms with E-state index in [1.165, 1.54) is 36.8 Å². The minimum atomic E-state index is -0.734. The number of aryl methyl sites for hydroxylation is 1. The highest BCUT2D eigenvalue weighted by Gasteiger charge is 2.50. The van der Waals surface area contributed by atoms with Gasteiger partial charge in [-0.25, -0.2) is 0 Å². The second-order valence-corrected chi connectivity index (χ2v) is 10.0. The number of aliphatic carboxylic acids is 1. The number of hydrogen-bond acceptors (Lipinski definition) is 2. The largest absolute Gasteiger partial charge is 0.481 e. The first-order valence-electron chi connectivity index (χ1n) is 11.0. The monoisotopic (exact) mass is 378 g/mol. The number of fused-ring (bicyclic) bond motifs is 5. The van der Waals surface area contributed by atoms with Crippen LogP contribution in [0.25, 0.3) is 0 Å². The van der Waals surface area contributed by atoms with E-state index in [9.17, 15) is 14.7 Å². The van der Waals surface area contributed by atoms with Crippen molar-refractivity contribution in [3.63, 3.8) is 0 Å². The number of Topliss-reactive ketones (excluding diaryl/α,β-unsaturated/α-hetero) is 1. The van der Waals surface area contributed by atoms with E-state index in [-0.39, 0.29) is 5.78 Å². The molecule has 1 aromatic rings. The SMILES string of the molecule is C[C@@]12C=CC[C@H]1[C@@H]1CCc3cc(C(=O)CCC4(C(=O)O)CC4)ccc3[C@H]1CC2. The van der Waals surface area contributed by atoms with E-state index in [4.69, 9.17) is 0 Å². The number of carbonyl (C=O) groups excluding carboxylic acids is 1. The molecule has 2 fully saturated rings. The summed E-state index contributed by atoms with van der Waals surface area (Å²) in [6, 6.07) is 6.34. The molecule has 3 heteroatoms. The molecule has 0 saturated heterocycles. The molecule has 0 heterocycles. The van der Waals surface area contributed by atoms with E-state index >= 15 is 0 Å². The molecule has 148 valence electrons. The van der Waals surface area contributed by atoms with Crippen LogP contribution in [0.3, 0.4) is 0 Å². The normalized spacial score (nSPS) is 34.2. The molecule has 5 rings (SSSR count). The van der Waals surface area contributed by atoms with Gasteiger partial charge in [-0.1, -0.05) is 31.2 Å². The van der Waals surface area contributed by atoms with Gasteiger partial charge in [-0.3, -0.25) is 9.59 Å². The average molecular weight is 379 g/mol. The summed E-state index contributed by atoms with van der Waals surface area (Å²) in [7, 11) is 0. The fourth-order valence-electron chi connectivity index (χ4n) is 6.46. The molecule has 0 spiro atoms. The second kappa shape index (κ2) is 6.30. The Kier molecular flexibility index (Phi) is 4.08. The van der Waals surface area contributed by atoms with Gasteiger partial charge in [-0.15, -0.1) is 0 Å². The summed E-state index contributed by atoms with van der Waals surface area (Å²) < 4.78 is 0. The fourth-order valence-corrected chi connectivity index (χ4v) is 6.46. The number of carboxylic acid groups (broad SMARTS) is 1. The molecule has 0 bridgehead atoms. The van der Waals surface area contributed by atoms with Crippen molar-refractivity contribution in [2.24, 2.45) is 22.7 Å². The van der Waals surface area contributed by atoms with Gasteiger partial charge < -0.3 is 5.11 Å². The zero-order valence-corrected chi connectivity index (χ0v) is 16.7. The number of rotatable bonds is 5. The van der Waals surface area contributed by atoms with Gasteiger partial charge in [0.2, 0.25) is 0 Å². The lowest BCUT2D eigenvalue weighted by molar-refractivity contribution is -0.143. The van der Waals surface area contributed by atoms with Crippen molar-refractivity contribution in [2.75, 3.05) is 0 Å². The van der Waals surface area contributed by atoms with E-state index in [1.54, 1.807) is 0 Å².